The van der Waals surface area contributed by atoms with E-state index in [1.165, 1.54) is 0 Å². The van der Waals surface area contributed by atoms with Gasteiger partial charge in [0, 0.05) is 12.1 Å². The molecule has 0 saturated heterocycles. The Kier molecular flexibility index (Phi) is 5.11. The largest absolute Gasteiger partial charge is 0.496 e. The van der Waals surface area contributed by atoms with Crippen LogP contribution in [0.5, 0.6) is 5.75 Å². The van der Waals surface area contributed by atoms with Gasteiger partial charge in [0.1, 0.15) is 10.6 Å². The Morgan fingerprint density at radius 1 is 1.04 bits per heavy atom. The second-order valence-electron chi connectivity index (χ2n) is 5.88. The summed E-state index contributed by atoms with van der Waals surface area (Å²) in [6.45, 7) is 3.59. The molecule has 0 unspecified atom stereocenters. The van der Waals surface area contributed by atoms with E-state index in [-0.39, 0.29) is 11.4 Å². The molecule has 1 aromatic heterocycles. The number of nitrogens with one attached hydrogen (secondary N) is 1. The van der Waals surface area contributed by atoms with Gasteiger partial charge in [-0.1, -0.05) is 36.4 Å². The SMILES string of the molecule is COc1ccccc1CNS(=O)(=O)c1c(C)nn(-c2ccccc2)c1C. The van der Waals surface area contributed by atoms with Crippen molar-refractivity contribution in [2.75, 3.05) is 7.11 Å². The first-order valence-electron chi connectivity index (χ1n) is 8.17. The Morgan fingerprint density at radius 3 is 2.38 bits per heavy atom. The molecule has 0 bridgehead atoms. The van der Waals surface area contributed by atoms with Gasteiger partial charge >= 0.3 is 0 Å². The minimum atomic E-state index is -3.72. The van der Waals surface area contributed by atoms with Crippen molar-refractivity contribution in [3.05, 3.63) is 71.5 Å². The number of aromatic nitrogens is 2. The molecule has 0 aliphatic carbocycles. The number of methoxy groups -OCH3 is 1. The van der Waals surface area contributed by atoms with Gasteiger partial charge in [-0.05, 0) is 32.0 Å². The average molecular weight is 371 g/mol. The Bertz CT molecular complexity index is 1010. The van der Waals surface area contributed by atoms with Crippen LogP contribution in [0.1, 0.15) is 17.0 Å². The molecule has 26 heavy (non-hydrogen) atoms. The molecular weight excluding hydrogens is 350 g/mol. The molecule has 0 aliphatic heterocycles. The number of ether oxygens (including phenoxy) is 1. The third-order valence-electron chi connectivity index (χ3n) is 4.14. The lowest BCUT2D eigenvalue weighted by atomic mass is 10.2. The Labute approximate surface area is 153 Å². The van der Waals surface area contributed by atoms with E-state index in [0.29, 0.717) is 17.1 Å². The lowest BCUT2D eigenvalue weighted by molar-refractivity contribution is 0.409. The summed E-state index contributed by atoms with van der Waals surface area (Å²) in [4.78, 5) is 0.205. The summed E-state index contributed by atoms with van der Waals surface area (Å²) < 4.78 is 35.3. The monoisotopic (exact) mass is 371 g/mol. The van der Waals surface area contributed by atoms with Crippen molar-refractivity contribution in [3.63, 3.8) is 0 Å². The van der Waals surface area contributed by atoms with Crippen LogP contribution in [-0.2, 0) is 16.6 Å². The quantitative estimate of drug-likeness (QED) is 0.723. The summed E-state index contributed by atoms with van der Waals surface area (Å²) in [5, 5.41) is 4.41. The summed E-state index contributed by atoms with van der Waals surface area (Å²) in [7, 11) is -2.16. The fourth-order valence-corrected chi connectivity index (χ4v) is 4.33. The molecular formula is C19H21N3O3S. The molecule has 0 aliphatic rings. The van der Waals surface area contributed by atoms with Crippen molar-refractivity contribution >= 4 is 10.0 Å². The minimum absolute atomic E-state index is 0.141. The van der Waals surface area contributed by atoms with Crippen molar-refractivity contribution in [2.24, 2.45) is 0 Å². The highest BCUT2D eigenvalue weighted by molar-refractivity contribution is 7.89. The molecule has 1 N–H and O–H groups in total. The molecule has 136 valence electrons. The first-order valence-corrected chi connectivity index (χ1v) is 9.65. The van der Waals surface area contributed by atoms with Crippen LogP contribution in [0.2, 0.25) is 0 Å². The maximum absolute atomic E-state index is 12.9. The maximum atomic E-state index is 12.9. The fourth-order valence-electron chi connectivity index (χ4n) is 2.93. The van der Waals surface area contributed by atoms with E-state index in [0.717, 1.165) is 11.3 Å². The van der Waals surface area contributed by atoms with Crippen molar-refractivity contribution in [3.8, 4) is 11.4 Å². The number of sulfonamides is 1. The van der Waals surface area contributed by atoms with Gasteiger partial charge in [0.15, 0.2) is 0 Å². The topological polar surface area (TPSA) is 73.2 Å². The molecule has 0 amide bonds. The first-order chi connectivity index (χ1) is 12.4. The third-order valence-corrected chi connectivity index (χ3v) is 5.79. The predicted octanol–water partition coefficient (Wildman–Crippen LogP) is 2.98. The third kappa shape index (κ3) is 3.49. The molecule has 3 rings (SSSR count). The molecule has 1 heterocycles. The van der Waals surface area contributed by atoms with Crippen LogP contribution in [0.3, 0.4) is 0 Å². The summed E-state index contributed by atoms with van der Waals surface area (Å²) >= 11 is 0. The number of rotatable bonds is 6. The fraction of sp³-hybridized carbons (Fsp3) is 0.211. The Balaban J connectivity index is 1.92. The zero-order valence-corrected chi connectivity index (χ0v) is 15.7. The molecule has 0 fully saturated rings. The highest BCUT2D eigenvalue weighted by Gasteiger charge is 2.25. The van der Waals surface area contributed by atoms with Crippen LogP contribution in [0, 0.1) is 13.8 Å². The number of benzene rings is 2. The van der Waals surface area contributed by atoms with Gasteiger partial charge in [0.2, 0.25) is 10.0 Å². The number of hydrogen-bond acceptors (Lipinski definition) is 4. The normalized spacial score (nSPS) is 11.5. The molecule has 0 spiro atoms. The Morgan fingerprint density at radius 2 is 1.69 bits per heavy atom. The minimum Gasteiger partial charge on any atom is -0.496 e. The van der Waals surface area contributed by atoms with Crippen LogP contribution in [0.25, 0.3) is 5.69 Å². The van der Waals surface area contributed by atoms with Crippen LogP contribution in [0.15, 0.2) is 59.5 Å². The number of nitrogens with zero attached hydrogens (tertiary/aromatic N) is 2. The molecule has 6 nitrogen and oxygen atoms in total. The zero-order chi connectivity index (χ0) is 18.7. The van der Waals surface area contributed by atoms with E-state index in [1.807, 2.05) is 48.5 Å². The number of aryl methyl sites for hydroxylation is 1. The summed E-state index contributed by atoms with van der Waals surface area (Å²) in [6, 6.07) is 16.8. The molecule has 0 atom stereocenters. The van der Waals surface area contributed by atoms with Crippen LogP contribution >= 0.6 is 0 Å². The van der Waals surface area contributed by atoms with Crippen molar-refractivity contribution in [1.29, 1.82) is 0 Å². The molecule has 0 radical (unpaired) electrons. The zero-order valence-electron chi connectivity index (χ0n) is 14.9. The van der Waals surface area contributed by atoms with E-state index >= 15 is 0 Å². The molecule has 3 aromatic rings. The first kappa shape index (κ1) is 18.2. The second-order valence-corrected chi connectivity index (χ2v) is 7.59. The van der Waals surface area contributed by atoms with Crippen molar-refractivity contribution in [1.82, 2.24) is 14.5 Å². The molecule has 7 heteroatoms. The predicted molar refractivity (Wildman–Crippen MR) is 100 cm³/mol. The summed E-state index contributed by atoms with van der Waals surface area (Å²) in [6.07, 6.45) is 0. The second kappa shape index (κ2) is 7.31. The smallest absolute Gasteiger partial charge is 0.244 e. The van der Waals surface area contributed by atoms with Crippen molar-refractivity contribution in [2.45, 2.75) is 25.3 Å². The van der Waals surface area contributed by atoms with Crippen LogP contribution < -0.4 is 9.46 Å². The highest BCUT2D eigenvalue weighted by atomic mass is 32.2. The van der Waals surface area contributed by atoms with Gasteiger partial charge in [0.25, 0.3) is 0 Å². The summed E-state index contributed by atoms with van der Waals surface area (Å²) in [5.74, 6) is 0.642. The van der Waals surface area contributed by atoms with Crippen LogP contribution in [-0.4, -0.2) is 25.3 Å². The lowest BCUT2D eigenvalue weighted by Gasteiger charge is -2.10. The van der Waals surface area contributed by atoms with Gasteiger partial charge in [-0.3, -0.25) is 0 Å². The standard InChI is InChI=1S/C19H21N3O3S/c1-14-19(15(2)22(21-14)17-10-5-4-6-11-17)26(23,24)20-13-16-9-7-8-12-18(16)25-3/h4-12,20H,13H2,1-3H3. The maximum Gasteiger partial charge on any atom is 0.244 e. The van der Waals surface area contributed by atoms with Gasteiger partial charge in [0.05, 0.1) is 24.2 Å². The van der Waals surface area contributed by atoms with E-state index in [2.05, 4.69) is 9.82 Å². The Hall–Kier alpha value is -2.64. The van der Waals surface area contributed by atoms with Crippen LogP contribution in [0.4, 0.5) is 0 Å². The highest BCUT2D eigenvalue weighted by Crippen LogP contribution is 2.23. The molecule has 0 saturated carbocycles. The van der Waals surface area contributed by atoms with E-state index in [9.17, 15) is 8.42 Å². The van der Waals surface area contributed by atoms with Crippen molar-refractivity contribution < 1.29 is 13.2 Å². The summed E-state index contributed by atoms with van der Waals surface area (Å²) in [5.41, 5.74) is 2.61. The van der Waals surface area contributed by atoms with Gasteiger partial charge in [-0.15, -0.1) is 0 Å². The van der Waals surface area contributed by atoms with Gasteiger partial charge in [-0.25, -0.2) is 17.8 Å². The number of para-hydroxylation sites is 2. The lowest BCUT2D eigenvalue weighted by Crippen LogP contribution is -2.24. The van der Waals surface area contributed by atoms with E-state index < -0.39 is 10.0 Å². The average Bonchev–Trinajstić information content (AvgIpc) is 2.96. The van der Waals surface area contributed by atoms with Gasteiger partial charge in [-0.2, -0.15) is 5.10 Å². The van der Waals surface area contributed by atoms with E-state index in [4.69, 9.17) is 4.74 Å². The number of hydrogen-bond donors (Lipinski definition) is 1. The molecule has 2 aromatic carbocycles. The van der Waals surface area contributed by atoms with E-state index in [1.54, 1.807) is 31.7 Å². The van der Waals surface area contributed by atoms with Gasteiger partial charge < -0.3 is 4.74 Å².